The maximum absolute atomic E-state index is 11.6. The van der Waals surface area contributed by atoms with E-state index < -0.39 is 0 Å². The first-order valence-electron chi connectivity index (χ1n) is 4.75. The van der Waals surface area contributed by atoms with Crippen LogP contribution >= 0.6 is 0 Å². The Morgan fingerprint density at radius 3 is 2.79 bits per heavy atom. The first-order chi connectivity index (χ1) is 6.56. The van der Waals surface area contributed by atoms with Crippen LogP contribution in [0.5, 0.6) is 0 Å². The number of hydrogen-bond donors (Lipinski definition) is 1. The van der Waals surface area contributed by atoms with Crippen LogP contribution in [0.2, 0.25) is 0 Å². The average Bonchev–Trinajstić information content (AvgIpc) is 2.47. The first-order valence-corrected chi connectivity index (χ1v) is 4.75. The van der Waals surface area contributed by atoms with Crippen molar-refractivity contribution in [3.63, 3.8) is 0 Å². The van der Waals surface area contributed by atoms with E-state index in [0.717, 1.165) is 0 Å². The second-order valence-electron chi connectivity index (χ2n) is 3.76. The lowest BCUT2D eigenvalue weighted by atomic mass is 10.1. The third-order valence-electron chi connectivity index (χ3n) is 2.40. The lowest BCUT2D eigenvalue weighted by Gasteiger charge is -2.17. The summed E-state index contributed by atoms with van der Waals surface area (Å²) in [5.74, 6) is -0.113. The molecule has 1 fully saturated rings. The molecule has 80 valence electrons. The molecule has 0 bridgehead atoms. The van der Waals surface area contributed by atoms with E-state index in [2.05, 4.69) is 0 Å². The molecule has 2 N–H and O–H groups in total. The van der Waals surface area contributed by atoms with Crippen molar-refractivity contribution >= 4 is 11.8 Å². The minimum Gasteiger partial charge on any atom is -0.349 e. The molecule has 0 radical (unpaired) electrons. The number of hydrogen-bond acceptors (Lipinski definition) is 3. The van der Waals surface area contributed by atoms with Gasteiger partial charge in [0.05, 0.1) is 5.92 Å². The molecule has 5 nitrogen and oxygen atoms in total. The van der Waals surface area contributed by atoms with Crippen LogP contribution in [0.4, 0.5) is 0 Å². The van der Waals surface area contributed by atoms with Gasteiger partial charge < -0.3 is 15.5 Å². The minimum atomic E-state index is -0.177. The zero-order chi connectivity index (χ0) is 10.7. The lowest BCUT2D eigenvalue weighted by Crippen LogP contribution is -2.34. The number of amides is 2. The number of nitrogens with two attached hydrogens (primary N) is 1. The summed E-state index contributed by atoms with van der Waals surface area (Å²) in [6.45, 7) is 1.53. The van der Waals surface area contributed by atoms with Gasteiger partial charge in [-0.25, -0.2) is 0 Å². The molecule has 1 atom stereocenters. The molecule has 0 aliphatic carbocycles. The lowest BCUT2D eigenvalue weighted by molar-refractivity contribution is -0.133. The van der Waals surface area contributed by atoms with Crippen LogP contribution in [-0.2, 0) is 9.59 Å². The maximum Gasteiger partial charge on any atom is 0.227 e. The molecule has 0 aromatic heterocycles. The third kappa shape index (κ3) is 2.23. The smallest absolute Gasteiger partial charge is 0.227 e. The van der Waals surface area contributed by atoms with Crippen molar-refractivity contribution in [2.75, 3.05) is 33.7 Å². The molecule has 1 rings (SSSR count). The zero-order valence-electron chi connectivity index (χ0n) is 8.69. The fourth-order valence-electron chi connectivity index (χ4n) is 1.67. The molecule has 2 amide bonds. The topological polar surface area (TPSA) is 66.6 Å². The Labute approximate surface area is 83.8 Å². The van der Waals surface area contributed by atoms with Gasteiger partial charge in [0.25, 0.3) is 0 Å². The molecule has 1 heterocycles. The number of carbonyl (C=O) groups is 2. The van der Waals surface area contributed by atoms with Crippen LogP contribution in [0.15, 0.2) is 0 Å². The third-order valence-corrected chi connectivity index (χ3v) is 2.40. The van der Waals surface area contributed by atoms with E-state index in [-0.39, 0.29) is 17.7 Å². The molecular formula is C9H17N3O2. The highest BCUT2D eigenvalue weighted by molar-refractivity contribution is 5.89. The van der Waals surface area contributed by atoms with Crippen molar-refractivity contribution in [3.05, 3.63) is 0 Å². The van der Waals surface area contributed by atoms with Crippen LogP contribution < -0.4 is 5.73 Å². The van der Waals surface area contributed by atoms with Gasteiger partial charge in [0, 0.05) is 40.2 Å². The predicted molar refractivity (Wildman–Crippen MR) is 52.4 cm³/mol. The first kappa shape index (κ1) is 11.0. The number of rotatable bonds is 3. The van der Waals surface area contributed by atoms with Crippen LogP contribution in [0.25, 0.3) is 0 Å². The normalized spacial score (nSPS) is 21.5. The number of carbonyl (C=O) groups excluding carboxylic acids is 2. The van der Waals surface area contributed by atoms with E-state index in [4.69, 9.17) is 5.73 Å². The highest BCUT2D eigenvalue weighted by Crippen LogP contribution is 2.18. The Morgan fingerprint density at radius 1 is 1.64 bits per heavy atom. The summed E-state index contributed by atoms with van der Waals surface area (Å²) in [7, 11) is 3.41. The monoisotopic (exact) mass is 199 g/mol. The number of nitrogens with zero attached hydrogens (tertiary/aromatic N) is 2. The van der Waals surface area contributed by atoms with E-state index in [1.807, 2.05) is 0 Å². The van der Waals surface area contributed by atoms with Gasteiger partial charge in [-0.3, -0.25) is 9.59 Å². The Bertz CT molecular complexity index is 240. The van der Waals surface area contributed by atoms with E-state index >= 15 is 0 Å². The van der Waals surface area contributed by atoms with Gasteiger partial charge in [0.15, 0.2) is 0 Å². The van der Waals surface area contributed by atoms with Crippen LogP contribution in [0.1, 0.15) is 6.42 Å². The summed E-state index contributed by atoms with van der Waals surface area (Å²) in [5, 5.41) is 0. The van der Waals surface area contributed by atoms with E-state index in [1.54, 1.807) is 19.0 Å². The summed E-state index contributed by atoms with van der Waals surface area (Å²) in [4.78, 5) is 26.1. The summed E-state index contributed by atoms with van der Waals surface area (Å²) in [5.41, 5.74) is 5.36. The summed E-state index contributed by atoms with van der Waals surface area (Å²) in [6, 6.07) is 0. The molecule has 1 aliphatic rings. The quantitative estimate of drug-likeness (QED) is 0.626. The van der Waals surface area contributed by atoms with E-state index in [0.29, 0.717) is 26.1 Å². The van der Waals surface area contributed by atoms with Crippen molar-refractivity contribution in [2.24, 2.45) is 11.7 Å². The van der Waals surface area contributed by atoms with Crippen molar-refractivity contribution in [1.82, 2.24) is 9.80 Å². The second kappa shape index (κ2) is 4.41. The predicted octanol–water partition coefficient (Wildman–Crippen LogP) is -1.12. The van der Waals surface area contributed by atoms with Crippen molar-refractivity contribution < 1.29 is 9.59 Å². The Kier molecular flexibility index (Phi) is 3.46. The molecule has 0 aromatic carbocycles. The molecule has 5 heteroatoms. The standard InChI is InChI=1S/C9H17N3O2/c1-11(2)9(14)7-5-8(13)12(6-7)4-3-10/h7H,3-6,10H2,1-2H3. The number of likely N-dealkylation sites (tertiary alicyclic amines) is 1. The van der Waals surface area contributed by atoms with E-state index in [9.17, 15) is 9.59 Å². The van der Waals surface area contributed by atoms with E-state index in [1.165, 1.54) is 4.90 Å². The van der Waals surface area contributed by atoms with Gasteiger partial charge in [-0.1, -0.05) is 0 Å². The highest BCUT2D eigenvalue weighted by Gasteiger charge is 2.34. The highest BCUT2D eigenvalue weighted by atomic mass is 16.2. The molecule has 1 aliphatic heterocycles. The van der Waals surface area contributed by atoms with Crippen LogP contribution in [0.3, 0.4) is 0 Å². The Morgan fingerprint density at radius 2 is 2.29 bits per heavy atom. The SMILES string of the molecule is CN(C)C(=O)C1CC(=O)N(CCN)C1. The fraction of sp³-hybridized carbons (Fsp3) is 0.778. The van der Waals surface area contributed by atoms with Crippen molar-refractivity contribution in [1.29, 1.82) is 0 Å². The van der Waals surface area contributed by atoms with Gasteiger partial charge in [0.2, 0.25) is 11.8 Å². The summed E-state index contributed by atoms with van der Waals surface area (Å²) in [6.07, 6.45) is 0.330. The molecule has 1 unspecified atom stereocenters. The maximum atomic E-state index is 11.6. The zero-order valence-corrected chi connectivity index (χ0v) is 8.69. The molecule has 0 spiro atoms. The minimum absolute atomic E-state index is 0.0258. The van der Waals surface area contributed by atoms with Gasteiger partial charge in [0.1, 0.15) is 0 Å². The molecule has 0 saturated carbocycles. The van der Waals surface area contributed by atoms with Crippen molar-refractivity contribution in [3.8, 4) is 0 Å². The summed E-state index contributed by atoms with van der Waals surface area (Å²) < 4.78 is 0. The average molecular weight is 199 g/mol. The van der Waals surface area contributed by atoms with Crippen molar-refractivity contribution in [2.45, 2.75) is 6.42 Å². The van der Waals surface area contributed by atoms with Gasteiger partial charge >= 0.3 is 0 Å². The molecule has 0 aromatic rings. The van der Waals surface area contributed by atoms with Gasteiger partial charge in [-0.2, -0.15) is 0 Å². The molecule has 14 heavy (non-hydrogen) atoms. The summed E-state index contributed by atoms with van der Waals surface area (Å²) >= 11 is 0. The van der Waals surface area contributed by atoms with Crippen LogP contribution in [0, 0.1) is 5.92 Å². The Balaban J connectivity index is 2.54. The second-order valence-corrected chi connectivity index (χ2v) is 3.76. The van der Waals surface area contributed by atoms with Crippen LogP contribution in [-0.4, -0.2) is 55.3 Å². The largest absolute Gasteiger partial charge is 0.349 e. The molecule has 1 saturated heterocycles. The Hall–Kier alpha value is -1.10. The van der Waals surface area contributed by atoms with Gasteiger partial charge in [-0.05, 0) is 0 Å². The van der Waals surface area contributed by atoms with Gasteiger partial charge in [-0.15, -0.1) is 0 Å². The fourth-order valence-corrected chi connectivity index (χ4v) is 1.67. The molecular weight excluding hydrogens is 182 g/mol.